The van der Waals surface area contributed by atoms with Gasteiger partial charge in [0.05, 0.1) is 5.69 Å². The Morgan fingerprint density at radius 3 is 2.47 bits per heavy atom. The Bertz CT molecular complexity index is 403. The average Bonchev–Trinajstić information content (AvgIpc) is 2.61. The molecule has 0 atom stereocenters. The van der Waals surface area contributed by atoms with E-state index in [1.54, 1.807) is 0 Å². The summed E-state index contributed by atoms with van der Waals surface area (Å²) in [5.41, 5.74) is 8.21. The summed E-state index contributed by atoms with van der Waals surface area (Å²) in [5, 5.41) is 4.59. The maximum Gasteiger partial charge on any atom is 0.130 e. The predicted octanol–water partition coefficient (Wildman–Crippen LogP) is 2.39. The van der Waals surface area contributed by atoms with Crippen LogP contribution < -0.4 is 10.6 Å². The van der Waals surface area contributed by atoms with Crippen molar-refractivity contribution in [2.24, 2.45) is 12.8 Å². The zero-order chi connectivity index (χ0) is 13.8. The summed E-state index contributed by atoms with van der Waals surface area (Å²) >= 11 is 0. The van der Waals surface area contributed by atoms with E-state index in [1.165, 1.54) is 49.9 Å². The third kappa shape index (κ3) is 3.11. The molecule has 1 aliphatic carbocycles. The lowest BCUT2D eigenvalue weighted by Crippen LogP contribution is -2.33. The maximum atomic E-state index is 5.76. The van der Waals surface area contributed by atoms with Crippen LogP contribution in [0.25, 0.3) is 0 Å². The summed E-state index contributed by atoms with van der Waals surface area (Å²) in [6, 6.07) is 0.661. The molecule has 0 saturated heterocycles. The van der Waals surface area contributed by atoms with Crippen molar-refractivity contribution in [2.75, 3.05) is 18.5 Å². The Kier molecular flexibility index (Phi) is 4.86. The third-order valence-electron chi connectivity index (χ3n) is 4.41. The summed E-state index contributed by atoms with van der Waals surface area (Å²) in [7, 11) is 4.28. The van der Waals surface area contributed by atoms with E-state index in [1.807, 2.05) is 4.68 Å². The molecule has 4 heteroatoms. The number of hydrogen-bond donors (Lipinski definition) is 1. The topological polar surface area (TPSA) is 47.1 Å². The molecule has 0 spiro atoms. The van der Waals surface area contributed by atoms with Gasteiger partial charge in [-0.15, -0.1) is 0 Å². The van der Waals surface area contributed by atoms with Gasteiger partial charge in [-0.25, -0.2) is 0 Å². The van der Waals surface area contributed by atoms with Crippen molar-refractivity contribution in [2.45, 2.75) is 57.9 Å². The van der Waals surface area contributed by atoms with Crippen LogP contribution in [-0.4, -0.2) is 29.4 Å². The first-order valence-electron chi connectivity index (χ1n) is 7.60. The molecule has 1 heterocycles. The fraction of sp³-hybridized carbons (Fsp3) is 0.800. The van der Waals surface area contributed by atoms with Gasteiger partial charge >= 0.3 is 0 Å². The number of aromatic nitrogens is 2. The molecule has 0 aliphatic heterocycles. The number of anilines is 1. The average molecular weight is 264 g/mol. The van der Waals surface area contributed by atoms with Gasteiger partial charge in [0.25, 0.3) is 0 Å². The first-order chi connectivity index (χ1) is 9.15. The van der Waals surface area contributed by atoms with Crippen LogP contribution in [-0.2, 0) is 13.5 Å². The molecule has 0 unspecified atom stereocenters. The molecule has 1 aromatic rings. The van der Waals surface area contributed by atoms with Crippen molar-refractivity contribution in [3.8, 4) is 0 Å². The second-order valence-electron chi connectivity index (χ2n) is 5.81. The van der Waals surface area contributed by atoms with Crippen LogP contribution in [0.5, 0.6) is 0 Å². The zero-order valence-electron chi connectivity index (χ0n) is 12.7. The van der Waals surface area contributed by atoms with Crippen molar-refractivity contribution in [1.82, 2.24) is 9.78 Å². The van der Waals surface area contributed by atoms with E-state index in [0.717, 1.165) is 12.1 Å². The standard InChI is InChI=1S/C15H28N4/c1-12-14(10-11-16)15(19(3)17-12)18(2)13-8-6-4-5-7-9-13/h13H,4-11,16H2,1-3H3. The van der Waals surface area contributed by atoms with Crippen molar-refractivity contribution in [3.63, 3.8) is 0 Å². The number of nitrogens with two attached hydrogens (primary N) is 1. The Labute approximate surface area is 117 Å². The minimum absolute atomic E-state index is 0.661. The van der Waals surface area contributed by atoms with E-state index in [9.17, 15) is 0 Å². The molecule has 1 aromatic heterocycles. The lowest BCUT2D eigenvalue weighted by Gasteiger charge is -2.30. The second-order valence-corrected chi connectivity index (χ2v) is 5.81. The fourth-order valence-electron chi connectivity index (χ4n) is 3.39. The molecular weight excluding hydrogens is 236 g/mol. The van der Waals surface area contributed by atoms with Crippen LogP contribution >= 0.6 is 0 Å². The smallest absolute Gasteiger partial charge is 0.130 e. The molecule has 4 nitrogen and oxygen atoms in total. The highest BCUT2D eigenvalue weighted by atomic mass is 15.4. The predicted molar refractivity (Wildman–Crippen MR) is 80.6 cm³/mol. The molecule has 1 saturated carbocycles. The van der Waals surface area contributed by atoms with Crippen molar-refractivity contribution in [1.29, 1.82) is 0 Å². The highest BCUT2D eigenvalue weighted by Crippen LogP contribution is 2.29. The largest absolute Gasteiger partial charge is 0.357 e. The molecule has 1 aliphatic rings. The molecule has 0 radical (unpaired) electrons. The van der Waals surface area contributed by atoms with E-state index < -0.39 is 0 Å². The van der Waals surface area contributed by atoms with Gasteiger partial charge in [-0.05, 0) is 32.7 Å². The minimum atomic E-state index is 0.661. The van der Waals surface area contributed by atoms with Crippen LogP contribution in [0, 0.1) is 6.92 Å². The Hall–Kier alpha value is -1.03. The lowest BCUT2D eigenvalue weighted by atomic mass is 10.1. The summed E-state index contributed by atoms with van der Waals surface area (Å²) in [6.07, 6.45) is 9.04. The molecule has 2 rings (SSSR count). The lowest BCUT2D eigenvalue weighted by molar-refractivity contribution is 0.538. The molecule has 108 valence electrons. The molecule has 2 N–H and O–H groups in total. The second kappa shape index (κ2) is 6.42. The quantitative estimate of drug-likeness (QED) is 0.849. The van der Waals surface area contributed by atoms with Gasteiger partial charge in [0.2, 0.25) is 0 Å². The van der Waals surface area contributed by atoms with E-state index in [0.29, 0.717) is 12.6 Å². The molecule has 0 aromatic carbocycles. The van der Waals surface area contributed by atoms with Crippen LogP contribution in [0.2, 0.25) is 0 Å². The SMILES string of the molecule is Cc1nn(C)c(N(C)C2CCCCCC2)c1CCN. The van der Waals surface area contributed by atoms with Gasteiger partial charge in [-0.1, -0.05) is 25.7 Å². The van der Waals surface area contributed by atoms with Crippen molar-refractivity contribution in [3.05, 3.63) is 11.3 Å². The van der Waals surface area contributed by atoms with Gasteiger partial charge in [-0.3, -0.25) is 4.68 Å². The highest BCUT2D eigenvalue weighted by Gasteiger charge is 2.23. The van der Waals surface area contributed by atoms with Crippen molar-refractivity contribution >= 4 is 5.82 Å². The minimum Gasteiger partial charge on any atom is -0.357 e. The van der Waals surface area contributed by atoms with Crippen LogP contribution in [0.4, 0.5) is 5.82 Å². The zero-order valence-corrected chi connectivity index (χ0v) is 12.7. The first kappa shape index (κ1) is 14.4. The normalized spacial score (nSPS) is 17.5. The number of hydrogen-bond acceptors (Lipinski definition) is 3. The monoisotopic (exact) mass is 264 g/mol. The molecule has 1 fully saturated rings. The van der Waals surface area contributed by atoms with Crippen LogP contribution in [0.3, 0.4) is 0 Å². The number of aryl methyl sites for hydroxylation is 2. The Morgan fingerprint density at radius 2 is 1.89 bits per heavy atom. The summed E-state index contributed by atoms with van der Waals surface area (Å²) in [6.45, 7) is 2.79. The molecule has 0 amide bonds. The first-order valence-corrected chi connectivity index (χ1v) is 7.60. The Balaban J connectivity index is 2.23. The summed E-state index contributed by atoms with van der Waals surface area (Å²) < 4.78 is 2.03. The van der Waals surface area contributed by atoms with Crippen molar-refractivity contribution < 1.29 is 0 Å². The van der Waals surface area contributed by atoms with Gasteiger partial charge < -0.3 is 10.6 Å². The van der Waals surface area contributed by atoms with E-state index in [4.69, 9.17) is 5.73 Å². The van der Waals surface area contributed by atoms with Crippen LogP contribution in [0.15, 0.2) is 0 Å². The molecular formula is C15H28N4. The van der Waals surface area contributed by atoms with Gasteiger partial charge in [-0.2, -0.15) is 5.10 Å². The number of rotatable bonds is 4. The van der Waals surface area contributed by atoms with E-state index in [2.05, 4.69) is 31.0 Å². The molecule has 0 bridgehead atoms. The van der Waals surface area contributed by atoms with Gasteiger partial charge in [0.1, 0.15) is 5.82 Å². The molecule has 19 heavy (non-hydrogen) atoms. The van der Waals surface area contributed by atoms with E-state index >= 15 is 0 Å². The summed E-state index contributed by atoms with van der Waals surface area (Å²) in [5.74, 6) is 1.27. The van der Waals surface area contributed by atoms with Gasteiger partial charge in [0.15, 0.2) is 0 Å². The highest BCUT2D eigenvalue weighted by molar-refractivity contribution is 5.50. The Morgan fingerprint density at radius 1 is 1.26 bits per heavy atom. The third-order valence-corrected chi connectivity index (χ3v) is 4.41. The summed E-state index contributed by atoms with van der Waals surface area (Å²) in [4.78, 5) is 2.45. The van der Waals surface area contributed by atoms with Gasteiger partial charge in [0, 0.05) is 25.7 Å². The fourth-order valence-corrected chi connectivity index (χ4v) is 3.39. The van der Waals surface area contributed by atoms with Crippen LogP contribution in [0.1, 0.15) is 49.8 Å². The number of nitrogens with zero attached hydrogens (tertiary/aromatic N) is 3. The van der Waals surface area contributed by atoms with E-state index in [-0.39, 0.29) is 0 Å². The maximum absolute atomic E-state index is 5.76.